The van der Waals surface area contributed by atoms with Crippen molar-refractivity contribution in [1.29, 1.82) is 0 Å². The molecule has 4 aliphatic heterocycles. The Hall–Kier alpha value is -1.24. The molecule has 0 aromatic carbocycles. The van der Waals surface area contributed by atoms with Gasteiger partial charge >= 0.3 is 0 Å². The van der Waals surface area contributed by atoms with Gasteiger partial charge in [0.15, 0.2) is 0 Å². The fourth-order valence-corrected chi connectivity index (χ4v) is 3.47. The zero-order valence-corrected chi connectivity index (χ0v) is 11.9. The van der Waals surface area contributed by atoms with Gasteiger partial charge in [0.1, 0.15) is 11.6 Å². The highest BCUT2D eigenvalue weighted by molar-refractivity contribution is 5.47. The van der Waals surface area contributed by atoms with Crippen LogP contribution in [-0.4, -0.2) is 66.1 Å². The van der Waals surface area contributed by atoms with Gasteiger partial charge in [-0.25, -0.2) is 9.97 Å². The minimum absolute atomic E-state index is 0.359. The monoisotopic (exact) mass is 275 g/mol. The van der Waals surface area contributed by atoms with Crippen LogP contribution in [0.2, 0.25) is 0 Å². The lowest BCUT2D eigenvalue weighted by Gasteiger charge is -2.46. The Morgan fingerprint density at radius 1 is 1.20 bits per heavy atom. The SMILES string of the molecule is CNc1nc(C2CN3CCN2CC3)nc2c1COCC2. The van der Waals surface area contributed by atoms with E-state index in [2.05, 4.69) is 15.1 Å². The molecular formula is C14H21N5O. The van der Waals surface area contributed by atoms with Gasteiger partial charge in [-0.3, -0.25) is 9.80 Å². The highest BCUT2D eigenvalue weighted by Gasteiger charge is 2.35. The first-order valence-corrected chi connectivity index (χ1v) is 7.47. The van der Waals surface area contributed by atoms with Crippen LogP contribution < -0.4 is 5.32 Å². The average molecular weight is 275 g/mol. The lowest BCUT2D eigenvalue weighted by atomic mass is 10.1. The number of piperazine rings is 3. The van der Waals surface area contributed by atoms with Crippen molar-refractivity contribution >= 4 is 5.82 Å². The molecule has 0 saturated carbocycles. The van der Waals surface area contributed by atoms with Crippen LogP contribution in [-0.2, 0) is 17.8 Å². The number of ether oxygens (including phenoxy) is 1. The molecule has 1 N–H and O–H groups in total. The summed E-state index contributed by atoms with van der Waals surface area (Å²) in [4.78, 5) is 14.7. The normalized spacial score (nSPS) is 31.9. The number of anilines is 1. The van der Waals surface area contributed by atoms with Gasteiger partial charge in [0.05, 0.1) is 24.9 Å². The highest BCUT2D eigenvalue weighted by Crippen LogP contribution is 2.30. The van der Waals surface area contributed by atoms with E-state index in [9.17, 15) is 0 Å². The van der Waals surface area contributed by atoms with Crippen LogP contribution in [0.5, 0.6) is 0 Å². The molecule has 6 nitrogen and oxygen atoms in total. The van der Waals surface area contributed by atoms with Crippen molar-refractivity contribution in [1.82, 2.24) is 19.8 Å². The molecule has 0 amide bonds. The largest absolute Gasteiger partial charge is 0.376 e. The Morgan fingerprint density at radius 2 is 2.05 bits per heavy atom. The molecule has 6 heteroatoms. The first-order valence-electron chi connectivity index (χ1n) is 7.47. The van der Waals surface area contributed by atoms with Gasteiger partial charge in [0.2, 0.25) is 0 Å². The van der Waals surface area contributed by atoms with Gasteiger partial charge in [-0.2, -0.15) is 0 Å². The molecule has 3 fully saturated rings. The lowest BCUT2D eigenvalue weighted by Crippen LogP contribution is -2.57. The topological polar surface area (TPSA) is 53.5 Å². The van der Waals surface area contributed by atoms with Crippen molar-refractivity contribution in [2.75, 3.05) is 51.7 Å². The molecule has 1 aromatic heterocycles. The first-order chi connectivity index (χ1) is 9.85. The van der Waals surface area contributed by atoms with Crippen LogP contribution in [0.1, 0.15) is 23.1 Å². The quantitative estimate of drug-likeness (QED) is 0.836. The van der Waals surface area contributed by atoms with Crippen molar-refractivity contribution in [3.8, 4) is 0 Å². The second-order valence-corrected chi connectivity index (χ2v) is 5.76. The van der Waals surface area contributed by atoms with Crippen molar-refractivity contribution in [2.45, 2.75) is 19.1 Å². The maximum atomic E-state index is 5.53. The minimum atomic E-state index is 0.359. The Balaban J connectivity index is 1.71. The molecule has 0 spiro atoms. The third kappa shape index (κ3) is 1.99. The average Bonchev–Trinajstić information content (AvgIpc) is 2.54. The first kappa shape index (κ1) is 12.5. The number of nitrogens with one attached hydrogen (secondary N) is 1. The van der Waals surface area contributed by atoms with Crippen LogP contribution in [0, 0.1) is 0 Å². The van der Waals surface area contributed by atoms with E-state index >= 15 is 0 Å². The van der Waals surface area contributed by atoms with Crippen molar-refractivity contribution < 1.29 is 4.74 Å². The summed E-state index contributed by atoms with van der Waals surface area (Å²) in [6.07, 6.45) is 0.899. The molecule has 5 rings (SSSR count). The molecule has 1 atom stereocenters. The number of nitrogens with zero attached hydrogens (tertiary/aromatic N) is 4. The Kier molecular flexibility index (Phi) is 3.09. The number of aromatic nitrogens is 2. The van der Waals surface area contributed by atoms with E-state index in [-0.39, 0.29) is 0 Å². The van der Waals surface area contributed by atoms with Crippen molar-refractivity contribution in [3.63, 3.8) is 0 Å². The Labute approximate surface area is 119 Å². The highest BCUT2D eigenvalue weighted by atomic mass is 16.5. The van der Waals surface area contributed by atoms with Crippen LogP contribution in [0.25, 0.3) is 0 Å². The molecule has 0 radical (unpaired) electrons. The number of fused-ring (bicyclic) bond motifs is 4. The van der Waals surface area contributed by atoms with E-state index < -0.39 is 0 Å². The molecule has 4 aliphatic rings. The Morgan fingerprint density at radius 3 is 2.75 bits per heavy atom. The van der Waals surface area contributed by atoms with E-state index in [1.165, 1.54) is 18.8 Å². The second-order valence-electron chi connectivity index (χ2n) is 5.76. The van der Waals surface area contributed by atoms with Gasteiger partial charge < -0.3 is 10.1 Å². The second kappa shape index (κ2) is 4.95. The lowest BCUT2D eigenvalue weighted by molar-refractivity contribution is 0.00838. The standard InChI is InChI=1S/C14H21N5O/c1-15-13-10-9-20-7-2-11(10)16-14(17-13)12-8-18-3-5-19(12)6-4-18/h12H,2-9H2,1H3,(H,15,16,17). The predicted molar refractivity (Wildman–Crippen MR) is 75.7 cm³/mol. The van der Waals surface area contributed by atoms with Gasteiger partial charge in [-0.15, -0.1) is 0 Å². The van der Waals surface area contributed by atoms with Crippen LogP contribution >= 0.6 is 0 Å². The minimum Gasteiger partial charge on any atom is -0.376 e. The molecule has 5 heterocycles. The summed E-state index contributed by atoms with van der Waals surface area (Å²) >= 11 is 0. The third-order valence-electron chi connectivity index (χ3n) is 4.65. The van der Waals surface area contributed by atoms with Crippen LogP contribution in [0.3, 0.4) is 0 Å². The van der Waals surface area contributed by atoms with Crippen LogP contribution in [0.4, 0.5) is 5.82 Å². The maximum absolute atomic E-state index is 5.53. The zero-order valence-electron chi connectivity index (χ0n) is 11.9. The molecule has 108 valence electrons. The summed E-state index contributed by atoms with van der Waals surface area (Å²) in [5.41, 5.74) is 2.31. The smallest absolute Gasteiger partial charge is 0.149 e. The van der Waals surface area contributed by atoms with E-state index in [0.717, 1.165) is 49.9 Å². The summed E-state index contributed by atoms with van der Waals surface area (Å²) in [5.74, 6) is 1.93. The van der Waals surface area contributed by atoms with E-state index in [1.54, 1.807) is 0 Å². The Bertz CT molecular complexity index is 495. The molecular weight excluding hydrogens is 254 g/mol. The molecule has 2 bridgehead atoms. The van der Waals surface area contributed by atoms with Gasteiger partial charge in [-0.1, -0.05) is 0 Å². The van der Waals surface area contributed by atoms with E-state index in [0.29, 0.717) is 12.6 Å². The van der Waals surface area contributed by atoms with E-state index in [4.69, 9.17) is 14.7 Å². The summed E-state index contributed by atoms with van der Waals surface area (Å²) in [7, 11) is 1.93. The molecule has 0 aliphatic carbocycles. The van der Waals surface area contributed by atoms with Gasteiger partial charge in [0.25, 0.3) is 0 Å². The summed E-state index contributed by atoms with van der Waals surface area (Å²) in [6, 6.07) is 0.359. The van der Waals surface area contributed by atoms with Crippen LogP contribution in [0.15, 0.2) is 0 Å². The number of rotatable bonds is 2. The summed E-state index contributed by atoms with van der Waals surface area (Å²) < 4.78 is 5.53. The number of hydrogen-bond donors (Lipinski definition) is 1. The van der Waals surface area contributed by atoms with Gasteiger partial charge in [0, 0.05) is 51.8 Å². The molecule has 1 aromatic rings. The number of hydrogen-bond acceptors (Lipinski definition) is 6. The fourth-order valence-electron chi connectivity index (χ4n) is 3.47. The summed E-state index contributed by atoms with van der Waals surface area (Å²) in [5, 5.41) is 3.22. The van der Waals surface area contributed by atoms with E-state index in [1.807, 2.05) is 7.05 Å². The van der Waals surface area contributed by atoms with Crippen molar-refractivity contribution in [3.05, 3.63) is 17.1 Å². The molecule has 1 unspecified atom stereocenters. The maximum Gasteiger partial charge on any atom is 0.149 e. The molecule has 20 heavy (non-hydrogen) atoms. The summed E-state index contributed by atoms with van der Waals surface area (Å²) in [6.45, 7) is 7.13. The molecule has 3 saturated heterocycles. The van der Waals surface area contributed by atoms with Crippen molar-refractivity contribution in [2.24, 2.45) is 0 Å². The van der Waals surface area contributed by atoms with Gasteiger partial charge in [-0.05, 0) is 0 Å². The fraction of sp³-hybridized carbons (Fsp3) is 0.714. The zero-order chi connectivity index (χ0) is 13.5. The third-order valence-corrected chi connectivity index (χ3v) is 4.65. The predicted octanol–water partition coefficient (Wildman–Crippen LogP) is 0.263.